The fraction of sp³-hybridized carbons (Fsp3) is 0.455. The van der Waals surface area contributed by atoms with Gasteiger partial charge in [-0.15, -0.1) is 11.6 Å². The normalized spacial score (nSPS) is 8.67. The van der Waals surface area contributed by atoms with Crippen molar-refractivity contribution >= 4 is 11.6 Å². The zero-order chi connectivity index (χ0) is 9.40. The highest BCUT2D eigenvalue weighted by Crippen LogP contribution is 2.07. The van der Waals surface area contributed by atoms with E-state index in [0.717, 1.165) is 6.42 Å². The first-order chi connectivity index (χ1) is 5.86. The number of aryl methyl sites for hydroxylation is 1. The molecule has 12 heavy (non-hydrogen) atoms. The minimum Gasteiger partial charge on any atom is -0.122 e. The lowest BCUT2D eigenvalue weighted by Gasteiger charge is -1.97. The molecule has 0 heterocycles. The first-order valence-electron chi connectivity index (χ1n) is 4.50. The van der Waals surface area contributed by atoms with E-state index in [-0.39, 0.29) is 0 Å². The van der Waals surface area contributed by atoms with Crippen molar-refractivity contribution in [2.24, 2.45) is 0 Å². The summed E-state index contributed by atoms with van der Waals surface area (Å²) in [4.78, 5) is 0. The van der Waals surface area contributed by atoms with Crippen molar-refractivity contribution in [1.82, 2.24) is 0 Å². The third-order valence-electron chi connectivity index (χ3n) is 1.55. The molecule has 1 aromatic carbocycles. The molecule has 0 saturated carbocycles. The van der Waals surface area contributed by atoms with Crippen molar-refractivity contribution in [3.63, 3.8) is 0 Å². The van der Waals surface area contributed by atoms with Gasteiger partial charge in [-0.25, -0.2) is 0 Å². The second-order valence-corrected chi connectivity index (χ2v) is 2.57. The lowest BCUT2D eigenvalue weighted by Crippen LogP contribution is -1.82. The maximum absolute atomic E-state index is 5.66. The molecule has 0 aliphatic rings. The molecular weight excluding hydrogens is 168 g/mol. The Hall–Kier alpha value is -0.490. The Labute approximate surface area is 80.6 Å². The van der Waals surface area contributed by atoms with Crippen molar-refractivity contribution in [2.45, 2.75) is 33.1 Å². The standard InChI is InChI=1S/C9H11Cl.C2H6/c1-2-8-4-3-5-9(6-8)7-10;1-2/h3-6H,2,7H2,1H3;1-2H3. The topological polar surface area (TPSA) is 0 Å². The van der Waals surface area contributed by atoms with E-state index in [9.17, 15) is 0 Å². The highest BCUT2D eigenvalue weighted by atomic mass is 35.5. The lowest BCUT2D eigenvalue weighted by molar-refractivity contribution is 1.13. The second-order valence-electron chi connectivity index (χ2n) is 2.31. The monoisotopic (exact) mass is 184 g/mol. The van der Waals surface area contributed by atoms with Crippen molar-refractivity contribution in [2.75, 3.05) is 0 Å². The number of rotatable bonds is 2. The maximum Gasteiger partial charge on any atom is 0.0474 e. The number of hydrogen-bond acceptors (Lipinski definition) is 0. The minimum absolute atomic E-state index is 0.619. The van der Waals surface area contributed by atoms with Gasteiger partial charge in [0.15, 0.2) is 0 Å². The molecule has 0 saturated heterocycles. The van der Waals surface area contributed by atoms with Gasteiger partial charge < -0.3 is 0 Å². The summed E-state index contributed by atoms with van der Waals surface area (Å²) in [6, 6.07) is 8.37. The molecular formula is C11H17Cl. The zero-order valence-corrected chi connectivity index (χ0v) is 8.86. The highest BCUT2D eigenvalue weighted by Gasteiger charge is 1.90. The Morgan fingerprint density at radius 2 is 1.75 bits per heavy atom. The van der Waals surface area contributed by atoms with E-state index in [4.69, 9.17) is 11.6 Å². The summed E-state index contributed by atoms with van der Waals surface area (Å²) in [5.74, 6) is 0.619. The molecule has 0 aliphatic carbocycles. The third kappa shape index (κ3) is 3.77. The van der Waals surface area contributed by atoms with Crippen molar-refractivity contribution in [3.05, 3.63) is 35.4 Å². The molecule has 0 N–H and O–H groups in total. The van der Waals surface area contributed by atoms with Crippen LogP contribution in [0.1, 0.15) is 31.9 Å². The predicted octanol–water partition coefficient (Wildman–Crippen LogP) is 4.01. The molecule has 0 atom stereocenters. The van der Waals surface area contributed by atoms with Gasteiger partial charge in [-0.1, -0.05) is 45.0 Å². The Morgan fingerprint density at radius 1 is 1.17 bits per heavy atom. The molecule has 0 amide bonds. The van der Waals surface area contributed by atoms with Gasteiger partial charge in [0.05, 0.1) is 0 Å². The molecule has 0 nitrogen and oxygen atoms in total. The van der Waals surface area contributed by atoms with Crippen LogP contribution in [0, 0.1) is 0 Å². The second kappa shape index (κ2) is 7.17. The van der Waals surface area contributed by atoms with Gasteiger partial charge in [0.1, 0.15) is 0 Å². The average molecular weight is 185 g/mol. The van der Waals surface area contributed by atoms with Gasteiger partial charge in [0, 0.05) is 5.88 Å². The van der Waals surface area contributed by atoms with E-state index in [2.05, 4.69) is 25.1 Å². The number of hydrogen-bond donors (Lipinski definition) is 0. The van der Waals surface area contributed by atoms with Crippen LogP contribution in [0.25, 0.3) is 0 Å². The minimum atomic E-state index is 0.619. The van der Waals surface area contributed by atoms with E-state index < -0.39 is 0 Å². The molecule has 1 rings (SSSR count). The summed E-state index contributed by atoms with van der Waals surface area (Å²) in [6.45, 7) is 6.15. The van der Waals surface area contributed by atoms with Crippen LogP contribution in [0.4, 0.5) is 0 Å². The van der Waals surface area contributed by atoms with E-state index in [1.54, 1.807) is 0 Å². The van der Waals surface area contributed by atoms with Crippen LogP contribution >= 0.6 is 11.6 Å². The fourth-order valence-electron chi connectivity index (χ4n) is 0.933. The molecule has 0 aliphatic heterocycles. The zero-order valence-electron chi connectivity index (χ0n) is 8.10. The fourth-order valence-corrected chi connectivity index (χ4v) is 1.10. The SMILES string of the molecule is CC.CCc1cccc(CCl)c1. The summed E-state index contributed by atoms with van der Waals surface area (Å²) >= 11 is 5.66. The number of alkyl halides is 1. The first kappa shape index (κ1) is 11.5. The smallest absolute Gasteiger partial charge is 0.0474 e. The van der Waals surface area contributed by atoms with Crippen molar-refractivity contribution in [3.8, 4) is 0 Å². The van der Waals surface area contributed by atoms with E-state index >= 15 is 0 Å². The van der Waals surface area contributed by atoms with Crippen molar-refractivity contribution in [1.29, 1.82) is 0 Å². The average Bonchev–Trinajstić information content (AvgIpc) is 2.21. The molecule has 0 unspecified atom stereocenters. The van der Waals surface area contributed by atoms with Crippen molar-refractivity contribution < 1.29 is 0 Å². The Morgan fingerprint density at radius 3 is 2.25 bits per heavy atom. The van der Waals surface area contributed by atoms with Crippen LogP contribution in [0.5, 0.6) is 0 Å². The van der Waals surface area contributed by atoms with E-state index in [0.29, 0.717) is 5.88 Å². The van der Waals surface area contributed by atoms with E-state index in [1.165, 1.54) is 11.1 Å². The van der Waals surface area contributed by atoms with Gasteiger partial charge >= 0.3 is 0 Å². The van der Waals surface area contributed by atoms with Gasteiger partial charge in [-0.05, 0) is 17.5 Å². The van der Waals surface area contributed by atoms with Crippen LogP contribution in [-0.2, 0) is 12.3 Å². The number of halogens is 1. The first-order valence-corrected chi connectivity index (χ1v) is 5.04. The van der Waals surface area contributed by atoms with Crippen LogP contribution < -0.4 is 0 Å². The maximum atomic E-state index is 5.66. The number of benzene rings is 1. The van der Waals surface area contributed by atoms with Gasteiger partial charge in [0.2, 0.25) is 0 Å². The van der Waals surface area contributed by atoms with Crippen LogP contribution in [0.2, 0.25) is 0 Å². The summed E-state index contributed by atoms with van der Waals surface area (Å²) in [7, 11) is 0. The molecule has 0 fully saturated rings. The quantitative estimate of drug-likeness (QED) is 0.610. The molecule has 1 heteroatoms. The predicted molar refractivity (Wildman–Crippen MR) is 56.7 cm³/mol. The summed E-state index contributed by atoms with van der Waals surface area (Å²) < 4.78 is 0. The molecule has 0 radical (unpaired) electrons. The largest absolute Gasteiger partial charge is 0.122 e. The molecule has 68 valence electrons. The molecule has 0 spiro atoms. The van der Waals surface area contributed by atoms with Gasteiger partial charge in [-0.2, -0.15) is 0 Å². The Kier molecular flexibility index (Phi) is 6.88. The molecule has 0 aromatic heterocycles. The summed E-state index contributed by atoms with van der Waals surface area (Å²) in [5, 5.41) is 0. The third-order valence-corrected chi connectivity index (χ3v) is 1.86. The summed E-state index contributed by atoms with van der Waals surface area (Å²) in [5.41, 5.74) is 2.57. The van der Waals surface area contributed by atoms with Gasteiger partial charge in [-0.3, -0.25) is 0 Å². The van der Waals surface area contributed by atoms with Crippen LogP contribution in [0.3, 0.4) is 0 Å². The lowest BCUT2D eigenvalue weighted by atomic mass is 10.1. The molecule has 1 aromatic rings. The molecule has 0 bridgehead atoms. The highest BCUT2D eigenvalue weighted by molar-refractivity contribution is 6.17. The van der Waals surface area contributed by atoms with Crippen LogP contribution in [0.15, 0.2) is 24.3 Å². The Bertz CT molecular complexity index is 187. The van der Waals surface area contributed by atoms with Crippen LogP contribution in [-0.4, -0.2) is 0 Å². The van der Waals surface area contributed by atoms with E-state index in [1.807, 2.05) is 19.9 Å². The van der Waals surface area contributed by atoms with Gasteiger partial charge in [0.25, 0.3) is 0 Å². The Balaban J connectivity index is 0.000000561. The summed E-state index contributed by atoms with van der Waals surface area (Å²) in [6.07, 6.45) is 1.09.